The third-order valence-corrected chi connectivity index (χ3v) is 3.12. The Morgan fingerprint density at radius 3 is 2.78 bits per heavy atom. The molecule has 3 rings (SSSR count). The Morgan fingerprint density at radius 1 is 1.00 bits per heavy atom. The summed E-state index contributed by atoms with van der Waals surface area (Å²) >= 11 is 0. The highest BCUT2D eigenvalue weighted by atomic mass is 14.9. The molecule has 0 saturated heterocycles. The fourth-order valence-corrected chi connectivity index (χ4v) is 2.13. The molecular formula is C15H15N3. The van der Waals surface area contributed by atoms with E-state index in [2.05, 4.69) is 33.5 Å². The lowest BCUT2D eigenvalue weighted by Gasteiger charge is -2.12. The highest BCUT2D eigenvalue weighted by molar-refractivity contribution is 5.84. The Kier molecular flexibility index (Phi) is 3.15. The van der Waals surface area contributed by atoms with Crippen LogP contribution in [0, 0.1) is 0 Å². The molecule has 2 heterocycles. The first kappa shape index (κ1) is 11.1. The van der Waals surface area contributed by atoms with Crippen LogP contribution in [0.15, 0.2) is 47.7 Å². The van der Waals surface area contributed by atoms with Crippen molar-refractivity contribution in [3.05, 3.63) is 53.9 Å². The lowest BCUT2D eigenvalue weighted by molar-refractivity contribution is 0.691. The highest BCUT2D eigenvalue weighted by Crippen LogP contribution is 2.21. The maximum atomic E-state index is 4.41. The van der Waals surface area contributed by atoms with Gasteiger partial charge in [-0.1, -0.05) is 12.1 Å². The summed E-state index contributed by atoms with van der Waals surface area (Å²) in [6.07, 6.45) is 5.63. The quantitative estimate of drug-likeness (QED) is 0.826. The number of nitrogens with zero attached hydrogens (tertiary/aromatic N) is 2. The van der Waals surface area contributed by atoms with Crippen LogP contribution in [0.25, 0.3) is 11.1 Å². The van der Waals surface area contributed by atoms with E-state index in [-0.39, 0.29) is 0 Å². The lowest BCUT2D eigenvalue weighted by atomic mass is 10.00. The summed E-state index contributed by atoms with van der Waals surface area (Å²) in [5, 5.41) is 3.38. The maximum Gasteiger partial charge on any atom is 0.0514 e. The minimum Gasteiger partial charge on any atom is -0.311 e. The molecule has 3 heteroatoms. The van der Waals surface area contributed by atoms with E-state index < -0.39 is 0 Å². The van der Waals surface area contributed by atoms with Gasteiger partial charge in [0.15, 0.2) is 0 Å². The predicted molar refractivity (Wildman–Crippen MR) is 73.8 cm³/mol. The molecule has 0 radical (unpaired) electrons. The fraction of sp³-hybridized carbons (Fsp3) is 0.200. The van der Waals surface area contributed by atoms with E-state index in [4.69, 9.17) is 0 Å². The Hall–Kier alpha value is -2.00. The number of aromatic nitrogens is 1. The van der Waals surface area contributed by atoms with Gasteiger partial charge in [0, 0.05) is 31.7 Å². The molecular weight excluding hydrogens is 222 g/mol. The standard InChI is InChI=1S/C15H15N3/c1-2-14-10-17-7-8-18-11-15(14)9-13(1)12-3-5-16-6-4-12/h1-6,9,11,17H,7-8,10H2. The Bertz CT molecular complexity index is 561. The first-order chi connectivity index (χ1) is 8.93. The van der Waals surface area contributed by atoms with Crippen LogP contribution in [0.5, 0.6) is 0 Å². The van der Waals surface area contributed by atoms with E-state index in [9.17, 15) is 0 Å². The van der Waals surface area contributed by atoms with Gasteiger partial charge in [0.05, 0.1) is 6.54 Å². The van der Waals surface area contributed by atoms with Crippen molar-refractivity contribution in [3.8, 4) is 11.1 Å². The normalized spacial score (nSPS) is 14.7. The number of aliphatic imine (C=N–C) groups is 1. The molecule has 0 unspecified atom stereocenters. The molecule has 90 valence electrons. The van der Waals surface area contributed by atoms with Crippen LogP contribution in [0.4, 0.5) is 0 Å². The third-order valence-electron chi connectivity index (χ3n) is 3.12. The third kappa shape index (κ3) is 2.31. The molecule has 0 saturated carbocycles. The van der Waals surface area contributed by atoms with Crippen molar-refractivity contribution >= 4 is 6.21 Å². The Labute approximate surface area is 107 Å². The average molecular weight is 237 g/mol. The molecule has 1 N–H and O–H groups in total. The number of pyridine rings is 1. The molecule has 0 fully saturated rings. The smallest absolute Gasteiger partial charge is 0.0514 e. The largest absolute Gasteiger partial charge is 0.311 e. The van der Waals surface area contributed by atoms with Crippen molar-refractivity contribution < 1.29 is 0 Å². The van der Waals surface area contributed by atoms with Gasteiger partial charge in [-0.05, 0) is 40.5 Å². The molecule has 1 aliphatic rings. The summed E-state index contributed by atoms with van der Waals surface area (Å²) in [6, 6.07) is 10.6. The van der Waals surface area contributed by atoms with Crippen molar-refractivity contribution in [1.29, 1.82) is 0 Å². The fourth-order valence-electron chi connectivity index (χ4n) is 2.13. The van der Waals surface area contributed by atoms with Crippen LogP contribution < -0.4 is 5.32 Å². The van der Waals surface area contributed by atoms with E-state index in [1.165, 1.54) is 22.3 Å². The van der Waals surface area contributed by atoms with Gasteiger partial charge in [-0.2, -0.15) is 0 Å². The summed E-state index contributed by atoms with van der Waals surface area (Å²) in [4.78, 5) is 8.46. The molecule has 1 aromatic carbocycles. The van der Waals surface area contributed by atoms with Crippen LogP contribution in [0.1, 0.15) is 11.1 Å². The van der Waals surface area contributed by atoms with Gasteiger partial charge in [-0.15, -0.1) is 0 Å². The van der Waals surface area contributed by atoms with Crippen LogP contribution in [-0.4, -0.2) is 24.3 Å². The van der Waals surface area contributed by atoms with Gasteiger partial charge in [0.25, 0.3) is 0 Å². The number of rotatable bonds is 1. The first-order valence-electron chi connectivity index (χ1n) is 6.17. The first-order valence-corrected chi connectivity index (χ1v) is 6.17. The lowest BCUT2D eigenvalue weighted by Crippen LogP contribution is -2.19. The van der Waals surface area contributed by atoms with E-state index in [1.54, 1.807) is 0 Å². The molecule has 0 spiro atoms. The van der Waals surface area contributed by atoms with Crippen molar-refractivity contribution in [1.82, 2.24) is 10.3 Å². The van der Waals surface area contributed by atoms with E-state index in [1.807, 2.05) is 30.7 Å². The predicted octanol–water partition coefficient (Wildman–Crippen LogP) is 2.27. The second-order valence-corrected chi connectivity index (χ2v) is 4.36. The van der Waals surface area contributed by atoms with E-state index in [0.717, 1.165) is 19.6 Å². The molecule has 1 aliphatic heterocycles. The van der Waals surface area contributed by atoms with Gasteiger partial charge in [0.1, 0.15) is 0 Å². The SMILES string of the molecule is C1=NCCNCc2ccc(-c3ccncc3)cc21. The number of benzene rings is 1. The number of fused-ring (bicyclic) bond motifs is 1. The second-order valence-electron chi connectivity index (χ2n) is 4.36. The second kappa shape index (κ2) is 5.10. The molecule has 0 aliphatic carbocycles. The topological polar surface area (TPSA) is 37.3 Å². The molecule has 3 nitrogen and oxygen atoms in total. The monoisotopic (exact) mass is 237 g/mol. The molecule has 18 heavy (non-hydrogen) atoms. The van der Waals surface area contributed by atoms with Gasteiger partial charge in [-0.25, -0.2) is 0 Å². The van der Waals surface area contributed by atoms with E-state index >= 15 is 0 Å². The van der Waals surface area contributed by atoms with Crippen molar-refractivity contribution in [2.24, 2.45) is 4.99 Å². The maximum absolute atomic E-state index is 4.41. The summed E-state index contributed by atoms with van der Waals surface area (Å²) in [6.45, 7) is 2.71. The van der Waals surface area contributed by atoms with Crippen LogP contribution >= 0.6 is 0 Å². The Balaban J connectivity index is 2.02. The van der Waals surface area contributed by atoms with Crippen molar-refractivity contribution in [3.63, 3.8) is 0 Å². The van der Waals surface area contributed by atoms with Gasteiger partial charge >= 0.3 is 0 Å². The minimum absolute atomic E-state index is 0.846. The van der Waals surface area contributed by atoms with Crippen molar-refractivity contribution in [2.75, 3.05) is 13.1 Å². The van der Waals surface area contributed by atoms with Crippen LogP contribution in [0.2, 0.25) is 0 Å². The highest BCUT2D eigenvalue weighted by Gasteiger charge is 2.05. The minimum atomic E-state index is 0.846. The summed E-state index contributed by atoms with van der Waals surface area (Å²) in [7, 11) is 0. The van der Waals surface area contributed by atoms with Gasteiger partial charge < -0.3 is 5.32 Å². The zero-order valence-corrected chi connectivity index (χ0v) is 10.1. The molecule has 1 aromatic heterocycles. The number of nitrogens with one attached hydrogen (secondary N) is 1. The molecule has 0 bridgehead atoms. The summed E-state index contributed by atoms with van der Waals surface area (Å²) in [5.41, 5.74) is 4.91. The van der Waals surface area contributed by atoms with Gasteiger partial charge in [0.2, 0.25) is 0 Å². The summed E-state index contributed by atoms with van der Waals surface area (Å²) in [5.74, 6) is 0. The molecule has 0 atom stereocenters. The van der Waals surface area contributed by atoms with Crippen molar-refractivity contribution in [2.45, 2.75) is 6.54 Å². The van der Waals surface area contributed by atoms with Crippen LogP contribution in [0.3, 0.4) is 0 Å². The Morgan fingerprint density at radius 2 is 1.89 bits per heavy atom. The van der Waals surface area contributed by atoms with E-state index in [0.29, 0.717) is 0 Å². The average Bonchev–Trinajstić information content (AvgIpc) is 2.40. The number of hydrogen-bond acceptors (Lipinski definition) is 3. The molecule has 0 amide bonds. The zero-order valence-electron chi connectivity index (χ0n) is 10.1. The molecule has 2 aromatic rings. The summed E-state index contributed by atoms with van der Waals surface area (Å²) < 4.78 is 0. The van der Waals surface area contributed by atoms with Crippen LogP contribution in [-0.2, 0) is 6.54 Å². The zero-order chi connectivity index (χ0) is 12.2. The number of hydrogen-bond donors (Lipinski definition) is 1. The van der Waals surface area contributed by atoms with Gasteiger partial charge in [-0.3, -0.25) is 9.98 Å².